The standard InChI is InChI=1S/C18H19N3O2S/c1-2-6-14-9-16(23-21-14)11-19-17(22)10-15-12-24-18(20-15)13-7-4-3-5-8-13/h3-5,7-9,12H,2,6,10-11H2,1H3,(H,19,22). The van der Waals surface area contributed by atoms with Crippen molar-refractivity contribution in [2.75, 3.05) is 0 Å². The third kappa shape index (κ3) is 4.29. The maximum Gasteiger partial charge on any atom is 0.226 e. The van der Waals surface area contributed by atoms with Gasteiger partial charge in [0.2, 0.25) is 5.91 Å². The normalized spacial score (nSPS) is 10.7. The third-order valence-corrected chi connectivity index (χ3v) is 4.43. The molecule has 0 spiro atoms. The maximum absolute atomic E-state index is 12.1. The van der Waals surface area contributed by atoms with E-state index in [1.54, 1.807) is 11.3 Å². The smallest absolute Gasteiger partial charge is 0.226 e. The number of carbonyl (C=O) groups is 1. The minimum atomic E-state index is -0.0756. The fourth-order valence-corrected chi connectivity index (χ4v) is 3.15. The Morgan fingerprint density at radius 2 is 2.08 bits per heavy atom. The molecule has 0 aliphatic heterocycles. The van der Waals surface area contributed by atoms with Crippen LogP contribution in [0.4, 0.5) is 0 Å². The van der Waals surface area contributed by atoms with Crippen LogP contribution in [0.25, 0.3) is 10.6 Å². The highest BCUT2D eigenvalue weighted by Gasteiger charge is 2.10. The summed E-state index contributed by atoms with van der Waals surface area (Å²) in [6, 6.07) is 11.8. The van der Waals surface area contributed by atoms with Gasteiger partial charge in [-0.3, -0.25) is 4.79 Å². The van der Waals surface area contributed by atoms with E-state index in [9.17, 15) is 4.79 Å². The second-order valence-electron chi connectivity index (χ2n) is 5.50. The maximum atomic E-state index is 12.1. The van der Waals surface area contributed by atoms with Crippen molar-refractivity contribution in [3.05, 3.63) is 58.9 Å². The second kappa shape index (κ2) is 7.88. The van der Waals surface area contributed by atoms with Gasteiger partial charge in [0, 0.05) is 17.0 Å². The number of hydrogen-bond donors (Lipinski definition) is 1. The molecule has 0 atom stereocenters. The Hall–Kier alpha value is -2.47. The molecule has 2 heterocycles. The van der Waals surface area contributed by atoms with Gasteiger partial charge in [-0.15, -0.1) is 11.3 Å². The molecule has 6 heteroatoms. The van der Waals surface area contributed by atoms with Gasteiger partial charge in [0.1, 0.15) is 5.01 Å². The van der Waals surface area contributed by atoms with E-state index >= 15 is 0 Å². The molecule has 0 aliphatic rings. The summed E-state index contributed by atoms with van der Waals surface area (Å²) in [6.45, 7) is 2.44. The van der Waals surface area contributed by atoms with Crippen LogP contribution in [0.2, 0.25) is 0 Å². The van der Waals surface area contributed by atoms with Gasteiger partial charge in [-0.2, -0.15) is 0 Å². The third-order valence-electron chi connectivity index (χ3n) is 3.49. The van der Waals surface area contributed by atoms with E-state index in [0.717, 1.165) is 34.8 Å². The zero-order chi connectivity index (χ0) is 16.8. The average Bonchev–Trinajstić information content (AvgIpc) is 3.24. The average molecular weight is 341 g/mol. The Morgan fingerprint density at radius 1 is 1.25 bits per heavy atom. The van der Waals surface area contributed by atoms with Gasteiger partial charge in [-0.25, -0.2) is 4.98 Å². The molecular formula is C18H19N3O2S. The fraction of sp³-hybridized carbons (Fsp3) is 0.278. The summed E-state index contributed by atoms with van der Waals surface area (Å²) in [5.74, 6) is 0.600. The zero-order valence-electron chi connectivity index (χ0n) is 13.5. The van der Waals surface area contributed by atoms with Crippen LogP contribution in [0.15, 0.2) is 46.3 Å². The summed E-state index contributed by atoms with van der Waals surface area (Å²) in [5.41, 5.74) is 2.77. The number of nitrogens with one attached hydrogen (secondary N) is 1. The van der Waals surface area contributed by atoms with Crippen molar-refractivity contribution in [2.24, 2.45) is 0 Å². The minimum absolute atomic E-state index is 0.0756. The van der Waals surface area contributed by atoms with E-state index in [1.807, 2.05) is 41.8 Å². The van der Waals surface area contributed by atoms with Gasteiger partial charge in [0.05, 0.1) is 24.4 Å². The lowest BCUT2D eigenvalue weighted by Crippen LogP contribution is -2.24. The molecule has 124 valence electrons. The predicted octanol–water partition coefficient (Wildman–Crippen LogP) is 3.61. The van der Waals surface area contributed by atoms with Crippen LogP contribution in [0, 0.1) is 0 Å². The lowest BCUT2D eigenvalue weighted by Gasteiger charge is -2.00. The highest BCUT2D eigenvalue weighted by atomic mass is 32.1. The molecule has 3 rings (SSSR count). The topological polar surface area (TPSA) is 68.0 Å². The molecule has 0 radical (unpaired) electrons. The number of amides is 1. The first-order valence-electron chi connectivity index (χ1n) is 7.95. The van der Waals surface area contributed by atoms with Gasteiger partial charge in [0.15, 0.2) is 5.76 Å². The van der Waals surface area contributed by atoms with Gasteiger partial charge >= 0.3 is 0 Å². The quantitative estimate of drug-likeness (QED) is 0.713. The Labute approximate surface area is 144 Å². The summed E-state index contributed by atoms with van der Waals surface area (Å²) in [7, 11) is 0. The molecule has 0 unspecified atom stereocenters. The molecule has 0 aliphatic carbocycles. The van der Waals surface area contributed by atoms with Crippen LogP contribution < -0.4 is 5.32 Å². The summed E-state index contributed by atoms with van der Waals surface area (Å²) < 4.78 is 5.20. The van der Waals surface area contributed by atoms with Crippen molar-refractivity contribution in [1.29, 1.82) is 0 Å². The highest BCUT2D eigenvalue weighted by Crippen LogP contribution is 2.23. The molecule has 0 bridgehead atoms. The first kappa shape index (κ1) is 16.4. The van der Waals surface area contributed by atoms with Gasteiger partial charge in [-0.05, 0) is 6.42 Å². The van der Waals surface area contributed by atoms with Crippen LogP contribution >= 0.6 is 11.3 Å². The first-order valence-corrected chi connectivity index (χ1v) is 8.83. The molecule has 0 saturated heterocycles. The first-order chi connectivity index (χ1) is 11.7. The lowest BCUT2D eigenvalue weighted by atomic mass is 10.2. The van der Waals surface area contributed by atoms with E-state index in [4.69, 9.17) is 4.52 Å². The van der Waals surface area contributed by atoms with Gasteiger partial charge < -0.3 is 9.84 Å². The Morgan fingerprint density at radius 3 is 2.88 bits per heavy atom. The Kier molecular flexibility index (Phi) is 5.38. The number of benzene rings is 1. The Bertz CT molecular complexity index is 795. The van der Waals surface area contributed by atoms with Crippen LogP contribution in [0.5, 0.6) is 0 Å². The molecular weight excluding hydrogens is 322 g/mol. The van der Waals surface area contributed by atoms with E-state index in [2.05, 4.69) is 22.4 Å². The molecule has 24 heavy (non-hydrogen) atoms. The van der Waals surface area contributed by atoms with E-state index in [1.165, 1.54) is 0 Å². The van der Waals surface area contributed by atoms with E-state index in [0.29, 0.717) is 12.3 Å². The monoisotopic (exact) mass is 341 g/mol. The van der Waals surface area contributed by atoms with Crippen molar-refractivity contribution in [3.8, 4) is 10.6 Å². The summed E-state index contributed by atoms with van der Waals surface area (Å²) in [4.78, 5) is 16.6. The van der Waals surface area contributed by atoms with Crippen LogP contribution in [0.3, 0.4) is 0 Å². The van der Waals surface area contributed by atoms with E-state index in [-0.39, 0.29) is 12.3 Å². The second-order valence-corrected chi connectivity index (χ2v) is 6.36. The molecule has 0 saturated carbocycles. The largest absolute Gasteiger partial charge is 0.359 e. The van der Waals surface area contributed by atoms with Crippen molar-refractivity contribution < 1.29 is 9.32 Å². The number of thiazole rings is 1. The van der Waals surface area contributed by atoms with E-state index < -0.39 is 0 Å². The number of aromatic nitrogens is 2. The molecule has 3 aromatic rings. The molecule has 1 N–H and O–H groups in total. The molecule has 5 nitrogen and oxygen atoms in total. The summed E-state index contributed by atoms with van der Waals surface area (Å²) in [6.07, 6.45) is 2.17. The van der Waals surface area contributed by atoms with Gasteiger partial charge in [0.25, 0.3) is 0 Å². The van der Waals surface area contributed by atoms with Crippen molar-refractivity contribution >= 4 is 17.2 Å². The fourth-order valence-electron chi connectivity index (χ4n) is 2.33. The van der Waals surface area contributed by atoms with Crippen molar-refractivity contribution in [1.82, 2.24) is 15.5 Å². The number of hydrogen-bond acceptors (Lipinski definition) is 5. The summed E-state index contributed by atoms with van der Waals surface area (Å²) in [5, 5.41) is 9.67. The zero-order valence-corrected chi connectivity index (χ0v) is 14.3. The summed E-state index contributed by atoms with van der Waals surface area (Å²) >= 11 is 1.55. The minimum Gasteiger partial charge on any atom is -0.359 e. The molecule has 0 fully saturated rings. The van der Waals surface area contributed by atoms with Crippen molar-refractivity contribution in [2.45, 2.75) is 32.7 Å². The van der Waals surface area contributed by atoms with Crippen molar-refractivity contribution in [3.63, 3.8) is 0 Å². The van der Waals surface area contributed by atoms with Crippen LogP contribution in [-0.4, -0.2) is 16.0 Å². The van der Waals surface area contributed by atoms with Crippen LogP contribution in [0.1, 0.15) is 30.5 Å². The number of nitrogens with zero attached hydrogens (tertiary/aromatic N) is 2. The predicted molar refractivity (Wildman–Crippen MR) is 93.6 cm³/mol. The SMILES string of the molecule is CCCc1cc(CNC(=O)Cc2csc(-c3ccccc3)n2)on1. The highest BCUT2D eigenvalue weighted by molar-refractivity contribution is 7.13. The number of aryl methyl sites for hydroxylation is 1. The van der Waals surface area contributed by atoms with Crippen LogP contribution in [-0.2, 0) is 24.2 Å². The molecule has 1 aromatic carbocycles. The number of rotatable bonds is 7. The number of carbonyl (C=O) groups excluding carboxylic acids is 1. The van der Waals surface area contributed by atoms with Gasteiger partial charge in [-0.1, -0.05) is 48.8 Å². The molecule has 1 amide bonds. The lowest BCUT2D eigenvalue weighted by molar-refractivity contribution is -0.120. The Balaban J connectivity index is 1.52. The molecule has 2 aromatic heterocycles.